The third-order valence-electron chi connectivity index (χ3n) is 4.46. The van der Waals surface area contributed by atoms with Crippen LogP contribution in [0.25, 0.3) is 11.1 Å². The van der Waals surface area contributed by atoms with Crippen LogP contribution in [0.1, 0.15) is 33.6 Å². The number of nitrogens with zero attached hydrogens (tertiary/aromatic N) is 2. The van der Waals surface area contributed by atoms with E-state index in [1.807, 2.05) is 39.0 Å². The maximum absolute atomic E-state index is 11.9. The number of carbonyl (C=O) groups is 1. The molecule has 0 aliphatic heterocycles. The Morgan fingerprint density at radius 2 is 1.96 bits per heavy atom. The first kappa shape index (κ1) is 19.4. The molecule has 0 spiro atoms. The fourth-order valence-electron chi connectivity index (χ4n) is 2.73. The molecule has 0 radical (unpaired) electrons. The van der Waals surface area contributed by atoms with Gasteiger partial charge in [0.25, 0.3) is 0 Å². The Bertz CT molecular complexity index is 801. The zero-order valence-electron chi connectivity index (χ0n) is 15.9. The Balaban J connectivity index is 1.58. The van der Waals surface area contributed by atoms with E-state index in [0.29, 0.717) is 11.7 Å². The molecule has 0 bridgehead atoms. The van der Waals surface area contributed by atoms with Crippen LogP contribution in [-0.2, 0) is 4.74 Å². The second kappa shape index (κ2) is 7.72. The summed E-state index contributed by atoms with van der Waals surface area (Å²) in [6.07, 6.45) is 6.94. The number of pyridine rings is 2. The molecule has 3 rings (SSSR count). The van der Waals surface area contributed by atoms with Crippen molar-refractivity contribution in [1.29, 1.82) is 0 Å². The number of alkyl carbamates (subject to hydrolysis) is 1. The van der Waals surface area contributed by atoms with Crippen LogP contribution in [0, 0.1) is 5.41 Å². The van der Waals surface area contributed by atoms with Crippen molar-refractivity contribution >= 4 is 23.4 Å². The van der Waals surface area contributed by atoms with Gasteiger partial charge < -0.3 is 15.4 Å². The van der Waals surface area contributed by atoms with Crippen LogP contribution in [0.2, 0.25) is 5.15 Å². The third kappa shape index (κ3) is 5.57. The summed E-state index contributed by atoms with van der Waals surface area (Å²) in [5.41, 5.74) is 2.31. The monoisotopic (exact) mass is 388 g/mol. The number of nitrogens with one attached hydrogen (secondary N) is 2. The summed E-state index contributed by atoms with van der Waals surface area (Å²) in [5, 5.41) is 6.77. The van der Waals surface area contributed by atoms with Crippen molar-refractivity contribution in [2.45, 2.75) is 39.2 Å². The molecule has 144 valence electrons. The van der Waals surface area contributed by atoms with Gasteiger partial charge >= 0.3 is 6.09 Å². The van der Waals surface area contributed by atoms with Crippen molar-refractivity contribution in [3.63, 3.8) is 0 Å². The molecule has 7 heteroatoms. The number of rotatable bonds is 6. The lowest BCUT2D eigenvalue weighted by atomic mass is 10.1. The zero-order valence-corrected chi connectivity index (χ0v) is 16.6. The van der Waals surface area contributed by atoms with Gasteiger partial charge in [-0.2, -0.15) is 0 Å². The summed E-state index contributed by atoms with van der Waals surface area (Å²) in [4.78, 5) is 20.2. The normalized spacial score (nSPS) is 15.1. The molecule has 0 atom stereocenters. The van der Waals surface area contributed by atoms with Gasteiger partial charge in [-0.25, -0.2) is 9.78 Å². The standard InChI is InChI=1S/C20H25ClN4O2/c1-19(2,3)27-18(26)25-13-20(6-7-20)12-24-15-10-16(17(21)23-11-15)14-4-8-22-9-5-14/h4-5,8-11,24H,6-7,12-13H2,1-3H3,(H,25,26). The number of aromatic nitrogens is 2. The molecule has 1 aliphatic carbocycles. The number of hydrogen-bond donors (Lipinski definition) is 2. The molecule has 1 amide bonds. The van der Waals surface area contributed by atoms with E-state index in [-0.39, 0.29) is 11.5 Å². The lowest BCUT2D eigenvalue weighted by molar-refractivity contribution is 0.0517. The van der Waals surface area contributed by atoms with Crippen molar-refractivity contribution in [1.82, 2.24) is 15.3 Å². The highest BCUT2D eigenvalue weighted by atomic mass is 35.5. The van der Waals surface area contributed by atoms with Crippen molar-refractivity contribution in [2.24, 2.45) is 5.41 Å². The van der Waals surface area contributed by atoms with E-state index in [9.17, 15) is 4.79 Å². The molecule has 6 nitrogen and oxygen atoms in total. The maximum atomic E-state index is 11.9. The molecule has 1 saturated carbocycles. The minimum atomic E-state index is -0.489. The van der Waals surface area contributed by atoms with Gasteiger partial charge in [0.2, 0.25) is 0 Å². The van der Waals surface area contributed by atoms with Crippen LogP contribution in [0.3, 0.4) is 0 Å². The molecule has 1 fully saturated rings. The molecule has 2 N–H and O–H groups in total. The van der Waals surface area contributed by atoms with E-state index in [1.54, 1.807) is 18.6 Å². The fourth-order valence-corrected chi connectivity index (χ4v) is 2.95. The Morgan fingerprint density at radius 1 is 1.26 bits per heavy atom. The number of halogens is 1. The highest BCUT2D eigenvalue weighted by Crippen LogP contribution is 2.45. The van der Waals surface area contributed by atoms with E-state index in [0.717, 1.165) is 36.2 Å². The molecule has 0 unspecified atom stereocenters. The molecule has 2 aromatic heterocycles. The van der Waals surface area contributed by atoms with Crippen LogP contribution in [0.4, 0.5) is 10.5 Å². The smallest absolute Gasteiger partial charge is 0.407 e. The third-order valence-corrected chi connectivity index (χ3v) is 4.76. The predicted molar refractivity (Wildman–Crippen MR) is 107 cm³/mol. The van der Waals surface area contributed by atoms with Gasteiger partial charge in [-0.3, -0.25) is 4.98 Å². The average molecular weight is 389 g/mol. The van der Waals surface area contributed by atoms with Gasteiger partial charge in [-0.15, -0.1) is 0 Å². The molecule has 0 aromatic carbocycles. The quantitative estimate of drug-likeness (QED) is 0.712. The van der Waals surface area contributed by atoms with Crippen LogP contribution < -0.4 is 10.6 Å². The molecular formula is C20H25ClN4O2. The summed E-state index contributed by atoms with van der Waals surface area (Å²) >= 11 is 6.25. The second-order valence-corrected chi connectivity index (χ2v) is 8.37. The Kier molecular flexibility index (Phi) is 5.56. The SMILES string of the molecule is CC(C)(C)OC(=O)NCC1(CNc2cnc(Cl)c(-c3ccncc3)c2)CC1. The first-order chi connectivity index (χ1) is 12.8. The summed E-state index contributed by atoms with van der Waals surface area (Å²) in [7, 11) is 0. The van der Waals surface area contributed by atoms with E-state index >= 15 is 0 Å². The Labute approximate surface area is 164 Å². The van der Waals surface area contributed by atoms with Gasteiger partial charge in [0.05, 0.1) is 11.9 Å². The molecular weight excluding hydrogens is 364 g/mol. The second-order valence-electron chi connectivity index (χ2n) is 8.01. The maximum Gasteiger partial charge on any atom is 0.407 e. The van der Waals surface area contributed by atoms with Crippen molar-refractivity contribution in [3.05, 3.63) is 41.9 Å². The van der Waals surface area contributed by atoms with Crippen LogP contribution in [0.5, 0.6) is 0 Å². The van der Waals surface area contributed by atoms with Gasteiger partial charge in [-0.05, 0) is 57.4 Å². The number of amides is 1. The highest BCUT2D eigenvalue weighted by Gasteiger charge is 2.42. The summed E-state index contributed by atoms with van der Waals surface area (Å²) in [5.74, 6) is 0. The summed E-state index contributed by atoms with van der Waals surface area (Å²) < 4.78 is 5.30. The Hall–Kier alpha value is -2.34. The van der Waals surface area contributed by atoms with Gasteiger partial charge in [0.15, 0.2) is 0 Å². The summed E-state index contributed by atoms with van der Waals surface area (Å²) in [6.45, 7) is 6.91. The lowest BCUT2D eigenvalue weighted by Gasteiger charge is -2.22. The highest BCUT2D eigenvalue weighted by molar-refractivity contribution is 6.32. The lowest BCUT2D eigenvalue weighted by Crippen LogP contribution is -2.37. The van der Waals surface area contributed by atoms with E-state index in [4.69, 9.17) is 16.3 Å². The number of anilines is 1. The zero-order chi connectivity index (χ0) is 19.5. The molecule has 27 heavy (non-hydrogen) atoms. The van der Waals surface area contributed by atoms with Crippen molar-refractivity contribution in [3.8, 4) is 11.1 Å². The first-order valence-corrected chi connectivity index (χ1v) is 9.41. The predicted octanol–water partition coefficient (Wildman–Crippen LogP) is 4.51. The molecule has 2 aromatic rings. The van der Waals surface area contributed by atoms with Gasteiger partial charge in [0.1, 0.15) is 10.8 Å². The molecule has 2 heterocycles. The van der Waals surface area contributed by atoms with Gasteiger partial charge in [0, 0.05) is 36.5 Å². The van der Waals surface area contributed by atoms with Crippen LogP contribution >= 0.6 is 11.6 Å². The number of ether oxygens (including phenoxy) is 1. The number of hydrogen-bond acceptors (Lipinski definition) is 5. The summed E-state index contributed by atoms with van der Waals surface area (Å²) in [6, 6.07) is 5.79. The minimum Gasteiger partial charge on any atom is -0.444 e. The van der Waals surface area contributed by atoms with E-state index in [2.05, 4.69) is 20.6 Å². The topological polar surface area (TPSA) is 76.1 Å². The largest absolute Gasteiger partial charge is 0.444 e. The van der Waals surface area contributed by atoms with E-state index in [1.165, 1.54) is 0 Å². The van der Waals surface area contributed by atoms with Crippen molar-refractivity contribution in [2.75, 3.05) is 18.4 Å². The van der Waals surface area contributed by atoms with Crippen molar-refractivity contribution < 1.29 is 9.53 Å². The number of carbonyl (C=O) groups excluding carboxylic acids is 1. The van der Waals surface area contributed by atoms with E-state index < -0.39 is 5.60 Å². The molecule has 0 saturated heterocycles. The van der Waals surface area contributed by atoms with Gasteiger partial charge in [-0.1, -0.05) is 11.6 Å². The minimum absolute atomic E-state index is 0.0629. The van der Waals surface area contributed by atoms with Crippen LogP contribution in [-0.4, -0.2) is 34.8 Å². The Morgan fingerprint density at radius 3 is 2.59 bits per heavy atom. The average Bonchev–Trinajstić information content (AvgIpc) is 3.39. The van der Waals surface area contributed by atoms with Crippen LogP contribution in [0.15, 0.2) is 36.8 Å². The molecule has 1 aliphatic rings. The fraction of sp³-hybridized carbons (Fsp3) is 0.450. The first-order valence-electron chi connectivity index (χ1n) is 9.03.